The molecular formula is C26H34N2O7. The van der Waals surface area contributed by atoms with E-state index < -0.39 is 23.5 Å². The van der Waals surface area contributed by atoms with Crippen molar-refractivity contribution in [2.45, 2.75) is 45.3 Å². The number of aryl methyl sites for hydroxylation is 1. The Morgan fingerprint density at radius 1 is 0.971 bits per heavy atom. The van der Waals surface area contributed by atoms with Crippen molar-refractivity contribution in [3.63, 3.8) is 0 Å². The molecule has 1 aliphatic carbocycles. The van der Waals surface area contributed by atoms with Crippen molar-refractivity contribution in [2.75, 3.05) is 27.9 Å². The second kappa shape index (κ2) is 12.8. The first-order chi connectivity index (χ1) is 16.9. The molecule has 2 aromatic carbocycles. The van der Waals surface area contributed by atoms with Crippen LogP contribution in [0.5, 0.6) is 11.5 Å². The summed E-state index contributed by atoms with van der Waals surface area (Å²) in [7, 11) is 4.57. The number of imide groups is 1. The van der Waals surface area contributed by atoms with Crippen LogP contribution in [0.1, 0.15) is 37.0 Å². The van der Waals surface area contributed by atoms with Gasteiger partial charge in [-0.1, -0.05) is 30.3 Å². The van der Waals surface area contributed by atoms with Gasteiger partial charge in [0, 0.05) is 13.3 Å². The van der Waals surface area contributed by atoms with Crippen LogP contribution in [0, 0.1) is 0 Å². The van der Waals surface area contributed by atoms with Gasteiger partial charge < -0.3 is 24.7 Å². The normalized spacial score (nSPS) is 16.1. The maximum absolute atomic E-state index is 13.3. The monoisotopic (exact) mass is 486 g/mol. The summed E-state index contributed by atoms with van der Waals surface area (Å²) in [5, 5.41) is 0. The minimum atomic E-state index is -1.53. The molecule has 190 valence electrons. The van der Waals surface area contributed by atoms with Crippen LogP contribution < -0.4 is 15.2 Å². The SMILES string of the molecule is CCOC(=O)C1(N(C(C)=O)C(=O)OCc2ccccc2)CCc2cc(OC)c(OC)cc2C1.CN. The van der Waals surface area contributed by atoms with Gasteiger partial charge in [0.1, 0.15) is 6.61 Å². The van der Waals surface area contributed by atoms with Gasteiger partial charge in [-0.15, -0.1) is 0 Å². The summed E-state index contributed by atoms with van der Waals surface area (Å²) in [6, 6.07) is 12.7. The van der Waals surface area contributed by atoms with E-state index in [0.717, 1.165) is 21.6 Å². The van der Waals surface area contributed by atoms with Gasteiger partial charge in [0.2, 0.25) is 5.91 Å². The Kier molecular flexibility index (Phi) is 10.1. The number of hydrogen-bond donors (Lipinski definition) is 1. The fraction of sp³-hybridized carbons (Fsp3) is 0.423. The zero-order chi connectivity index (χ0) is 26.0. The van der Waals surface area contributed by atoms with Crippen molar-refractivity contribution >= 4 is 18.0 Å². The molecule has 3 rings (SSSR count). The highest BCUT2D eigenvalue weighted by Gasteiger charge is 2.52. The fourth-order valence-electron chi connectivity index (χ4n) is 4.22. The molecule has 0 aliphatic heterocycles. The lowest BCUT2D eigenvalue weighted by Crippen LogP contribution is -2.62. The first-order valence-corrected chi connectivity index (χ1v) is 11.4. The number of hydrogen-bond acceptors (Lipinski definition) is 8. The topological polar surface area (TPSA) is 117 Å². The number of ether oxygens (including phenoxy) is 4. The summed E-state index contributed by atoms with van der Waals surface area (Å²) in [5.41, 5.74) is 5.47. The van der Waals surface area contributed by atoms with Gasteiger partial charge in [0.25, 0.3) is 0 Å². The standard InChI is InChI=1S/C25H29NO7.CH5N/c1-5-32-23(28)25(12-11-19-13-21(30-3)22(31-4)14-20(19)15-25)26(17(2)27)24(29)33-16-18-9-7-6-8-10-18;1-2/h6-10,13-14H,5,11-12,15-16H2,1-4H3;2H2,1H3. The van der Waals surface area contributed by atoms with E-state index >= 15 is 0 Å². The molecule has 9 heteroatoms. The van der Waals surface area contributed by atoms with E-state index in [4.69, 9.17) is 18.9 Å². The maximum Gasteiger partial charge on any atom is 0.417 e. The Morgan fingerprint density at radius 3 is 2.11 bits per heavy atom. The summed E-state index contributed by atoms with van der Waals surface area (Å²) in [6.07, 6.45) is -0.163. The molecule has 0 fully saturated rings. The van der Waals surface area contributed by atoms with Crippen LogP contribution in [0.4, 0.5) is 4.79 Å². The molecular weight excluding hydrogens is 452 g/mol. The van der Waals surface area contributed by atoms with Crippen LogP contribution in [-0.4, -0.2) is 56.3 Å². The van der Waals surface area contributed by atoms with Crippen molar-refractivity contribution < 1.29 is 33.3 Å². The van der Waals surface area contributed by atoms with E-state index in [1.54, 1.807) is 20.1 Å². The summed E-state index contributed by atoms with van der Waals surface area (Å²) in [6.45, 7) is 3.02. The second-order valence-corrected chi connectivity index (χ2v) is 7.80. The van der Waals surface area contributed by atoms with Crippen LogP contribution in [0.3, 0.4) is 0 Å². The summed E-state index contributed by atoms with van der Waals surface area (Å²) in [5.74, 6) is -0.162. The van der Waals surface area contributed by atoms with Gasteiger partial charge in [-0.3, -0.25) is 4.79 Å². The highest BCUT2D eigenvalue weighted by Crippen LogP contribution is 2.40. The van der Waals surface area contributed by atoms with Crippen molar-refractivity contribution in [1.29, 1.82) is 0 Å². The number of fused-ring (bicyclic) bond motifs is 1. The van der Waals surface area contributed by atoms with Gasteiger partial charge in [0.15, 0.2) is 17.0 Å². The summed E-state index contributed by atoms with van der Waals surface area (Å²) >= 11 is 0. The molecule has 9 nitrogen and oxygen atoms in total. The molecule has 2 aromatic rings. The molecule has 1 aliphatic rings. The summed E-state index contributed by atoms with van der Waals surface area (Å²) < 4.78 is 21.6. The molecule has 1 unspecified atom stereocenters. The number of nitrogens with zero attached hydrogens (tertiary/aromatic N) is 1. The average Bonchev–Trinajstić information content (AvgIpc) is 2.88. The smallest absolute Gasteiger partial charge is 0.417 e. The highest BCUT2D eigenvalue weighted by molar-refractivity contribution is 5.98. The predicted molar refractivity (Wildman–Crippen MR) is 130 cm³/mol. The number of methoxy groups -OCH3 is 2. The lowest BCUT2D eigenvalue weighted by Gasteiger charge is -2.42. The second-order valence-electron chi connectivity index (χ2n) is 7.80. The minimum absolute atomic E-state index is 0.0238. The van der Waals surface area contributed by atoms with E-state index in [0.29, 0.717) is 17.9 Å². The van der Waals surface area contributed by atoms with E-state index in [-0.39, 0.29) is 26.1 Å². The molecule has 0 saturated carbocycles. The Hall–Kier alpha value is -3.59. The molecule has 0 aromatic heterocycles. The van der Waals surface area contributed by atoms with E-state index in [1.165, 1.54) is 21.1 Å². The molecule has 0 heterocycles. The minimum Gasteiger partial charge on any atom is -0.493 e. The first-order valence-electron chi connectivity index (χ1n) is 11.4. The van der Waals surface area contributed by atoms with Gasteiger partial charge in [-0.25, -0.2) is 14.5 Å². The molecule has 0 saturated heterocycles. The van der Waals surface area contributed by atoms with Gasteiger partial charge in [-0.05, 0) is 55.6 Å². The highest BCUT2D eigenvalue weighted by atomic mass is 16.6. The van der Waals surface area contributed by atoms with Gasteiger partial charge in [-0.2, -0.15) is 0 Å². The third-order valence-corrected chi connectivity index (χ3v) is 5.78. The molecule has 1 atom stereocenters. The van der Waals surface area contributed by atoms with Crippen molar-refractivity contribution in [3.8, 4) is 11.5 Å². The van der Waals surface area contributed by atoms with Crippen molar-refractivity contribution in [1.82, 2.24) is 4.90 Å². The molecule has 0 radical (unpaired) electrons. The van der Waals surface area contributed by atoms with Crippen LogP contribution >= 0.6 is 0 Å². The molecule has 0 spiro atoms. The Bertz CT molecular complexity index is 1030. The lowest BCUT2D eigenvalue weighted by atomic mass is 9.76. The number of esters is 1. The third kappa shape index (κ3) is 6.10. The predicted octanol–water partition coefficient (Wildman–Crippen LogP) is 3.25. The number of benzene rings is 2. The zero-order valence-electron chi connectivity index (χ0n) is 21.0. The maximum atomic E-state index is 13.3. The number of amides is 2. The Morgan fingerprint density at radius 2 is 1.57 bits per heavy atom. The van der Waals surface area contributed by atoms with E-state index in [1.807, 2.05) is 36.4 Å². The van der Waals surface area contributed by atoms with E-state index in [2.05, 4.69) is 5.73 Å². The lowest BCUT2D eigenvalue weighted by molar-refractivity contribution is -0.162. The number of nitrogens with two attached hydrogens (primary N) is 1. The van der Waals surface area contributed by atoms with Gasteiger partial charge in [0.05, 0.1) is 20.8 Å². The van der Waals surface area contributed by atoms with Crippen molar-refractivity contribution in [3.05, 3.63) is 59.2 Å². The molecule has 35 heavy (non-hydrogen) atoms. The van der Waals surface area contributed by atoms with Crippen LogP contribution in [0.25, 0.3) is 0 Å². The molecule has 0 bridgehead atoms. The quantitative estimate of drug-likeness (QED) is 0.593. The zero-order valence-corrected chi connectivity index (χ0v) is 21.0. The third-order valence-electron chi connectivity index (χ3n) is 5.78. The first kappa shape index (κ1) is 27.7. The Labute approximate surface area is 206 Å². The van der Waals surface area contributed by atoms with Crippen LogP contribution in [-0.2, 0) is 38.5 Å². The van der Waals surface area contributed by atoms with Gasteiger partial charge >= 0.3 is 12.1 Å². The molecule has 2 N–H and O–H groups in total. The largest absolute Gasteiger partial charge is 0.493 e. The number of carbonyl (C=O) groups is 3. The van der Waals surface area contributed by atoms with Crippen LogP contribution in [0.2, 0.25) is 0 Å². The van der Waals surface area contributed by atoms with E-state index in [9.17, 15) is 14.4 Å². The Balaban J connectivity index is 0.00000210. The number of rotatable bonds is 7. The van der Waals surface area contributed by atoms with Crippen LogP contribution in [0.15, 0.2) is 42.5 Å². The van der Waals surface area contributed by atoms with Crippen molar-refractivity contribution in [2.24, 2.45) is 5.73 Å². The molecule has 2 amide bonds. The average molecular weight is 487 g/mol. The summed E-state index contributed by atoms with van der Waals surface area (Å²) in [4.78, 5) is 40.0. The fourth-order valence-corrected chi connectivity index (χ4v) is 4.22. The number of carbonyl (C=O) groups excluding carboxylic acids is 3.